The summed E-state index contributed by atoms with van der Waals surface area (Å²) in [5.41, 5.74) is 3.72. The normalized spacial score (nSPS) is 12.0. The van der Waals surface area contributed by atoms with E-state index in [4.69, 9.17) is 4.74 Å². The number of amides is 1. The van der Waals surface area contributed by atoms with Gasteiger partial charge in [-0.05, 0) is 57.0 Å². The summed E-state index contributed by atoms with van der Waals surface area (Å²) in [6.07, 6.45) is -0.979. The van der Waals surface area contributed by atoms with Crippen molar-refractivity contribution < 1.29 is 18.7 Å². The van der Waals surface area contributed by atoms with Gasteiger partial charge in [0, 0.05) is 15.8 Å². The number of hydrogen-bond acceptors (Lipinski definition) is 4. The molecule has 1 N–H and O–H groups in total. The zero-order valence-electron chi connectivity index (χ0n) is 15.6. The minimum atomic E-state index is -0.979. The van der Waals surface area contributed by atoms with Gasteiger partial charge < -0.3 is 10.1 Å². The number of ether oxygens (including phenoxy) is 1. The van der Waals surface area contributed by atoms with E-state index in [-0.39, 0.29) is 10.7 Å². The molecule has 0 fully saturated rings. The molecule has 3 aromatic rings. The number of carbonyl (C=O) groups is 2. The maximum absolute atomic E-state index is 13.8. The third-order valence-electron chi connectivity index (χ3n) is 4.29. The minimum absolute atomic E-state index is 0.262. The summed E-state index contributed by atoms with van der Waals surface area (Å²) in [5, 5.41) is 3.20. The number of anilines is 1. The topological polar surface area (TPSA) is 55.4 Å². The number of carbonyl (C=O) groups excluding carboxylic acids is 2. The van der Waals surface area contributed by atoms with Gasteiger partial charge in [-0.1, -0.05) is 23.8 Å². The summed E-state index contributed by atoms with van der Waals surface area (Å²) in [6.45, 7) is 7.33. The van der Waals surface area contributed by atoms with E-state index in [0.717, 1.165) is 33.7 Å². The molecule has 3 rings (SSSR count). The van der Waals surface area contributed by atoms with Gasteiger partial charge in [0.05, 0.1) is 0 Å². The van der Waals surface area contributed by atoms with E-state index < -0.39 is 18.0 Å². The third kappa shape index (κ3) is 4.01. The lowest BCUT2D eigenvalue weighted by molar-refractivity contribution is -0.123. The van der Waals surface area contributed by atoms with Gasteiger partial charge in [0.1, 0.15) is 10.7 Å². The molecule has 0 spiro atoms. The van der Waals surface area contributed by atoms with Crippen molar-refractivity contribution in [2.24, 2.45) is 0 Å². The Balaban J connectivity index is 1.72. The first kappa shape index (κ1) is 19.0. The fraction of sp³-hybridized carbons (Fsp3) is 0.238. The molecule has 0 radical (unpaired) electrons. The predicted octanol–water partition coefficient (Wildman–Crippen LogP) is 5.15. The Morgan fingerprint density at radius 1 is 1.11 bits per heavy atom. The van der Waals surface area contributed by atoms with Crippen LogP contribution in [0.15, 0.2) is 36.4 Å². The van der Waals surface area contributed by atoms with Crippen LogP contribution in [0.2, 0.25) is 0 Å². The zero-order chi connectivity index (χ0) is 19.7. The van der Waals surface area contributed by atoms with Crippen LogP contribution in [0.3, 0.4) is 0 Å². The highest BCUT2D eigenvalue weighted by atomic mass is 32.1. The summed E-state index contributed by atoms with van der Waals surface area (Å²) < 4.78 is 19.7. The number of aryl methyl sites for hydroxylation is 3. The third-order valence-corrected chi connectivity index (χ3v) is 5.37. The van der Waals surface area contributed by atoms with Crippen molar-refractivity contribution in [1.29, 1.82) is 0 Å². The van der Waals surface area contributed by atoms with E-state index in [9.17, 15) is 14.0 Å². The fourth-order valence-electron chi connectivity index (χ4n) is 3.00. The second-order valence-corrected chi connectivity index (χ2v) is 7.66. The van der Waals surface area contributed by atoms with Gasteiger partial charge in [0.15, 0.2) is 6.10 Å². The summed E-state index contributed by atoms with van der Waals surface area (Å²) >= 11 is 1.14. The van der Waals surface area contributed by atoms with Crippen molar-refractivity contribution in [1.82, 2.24) is 0 Å². The van der Waals surface area contributed by atoms with E-state index >= 15 is 0 Å². The number of nitrogens with one attached hydrogen (secondary N) is 1. The fourth-order valence-corrected chi connectivity index (χ4v) is 3.96. The largest absolute Gasteiger partial charge is 0.448 e. The highest BCUT2D eigenvalue weighted by molar-refractivity contribution is 7.20. The lowest BCUT2D eigenvalue weighted by Gasteiger charge is -2.16. The number of hydrogen-bond donors (Lipinski definition) is 1. The quantitative estimate of drug-likeness (QED) is 0.632. The molecule has 0 unspecified atom stereocenters. The smallest absolute Gasteiger partial charge is 0.349 e. The van der Waals surface area contributed by atoms with Crippen LogP contribution < -0.4 is 5.32 Å². The molecule has 27 heavy (non-hydrogen) atoms. The molecule has 0 saturated carbocycles. The second-order valence-electron chi connectivity index (χ2n) is 6.57. The highest BCUT2D eigenvalue weighted by Gasteiger charge is 2.22. The number of fused-ring (bicyclic) bond motifs is 1. The molecule has 140 valence electrons. The number of halogens is 1. The summed E-state index contributed by atoms with van der Waals surface area (Å²) in [5.74, 6) is -1.44. The van der Waals surface area contributed by atoms with Crippen LogP contribution in [0.1, 0.15) is 33.3 Å². The van der Waals surface area contributed by atoms with E-state index in [0.29, 0.717) is 10.1 Å². The molecular formula is C21H20FNO3S. The number of rotatable bonds is 4. The lowest BCUT2D eigenvalue weighted by Crippen LogP contribution is -2.30. The van der Waals surface area contributed by atoms with Crippen molar-refractivity contribution >= 4 is 39.0 Å². The predicted molar refractivity (Wildman–Crippen MR) is 106 cm³/mol. The Morgan fingerprint density at radius 3 is 2.41 bits per heavy atom. The summed E-state index contributed by atoms with van der Waals surface area (Å²) in [7, 11) is 0. The Kier molecular flexibility index (Phi) is 5.28. The number of thiophene rings is 1. The molecule has 1 amide bonds. The zero-order valence-corrected chi connectivity index (χ0v) is 16.4. The molecule has 0 bridgehead atoms. The molecule has 0 aliphatic heterocycles. The standard InChI is InChI=1S/C21H20FNO3S/c1-11-8-12(2)19(13(3)9-11)23-20(24)14(4)26-21(25)18-10-15-16(22)6-5-7-17(15)27-18/h5-10,14H,1-4H3,(H,23,24)/t14-/m0/s1. The van der Waals surface area contributed by atoms with E-state index in [1.807, 2.05) is 32.9 Å². The average molecular weight is 385 g/mol. The molecule has 0 aliphatic rings. The Morgan fingerprint density at radius 2 is 1.78 bits per heavy atom. The molecule has 1 atom stereocenters. The lowest BCUT2D eigenvalue weighted by atomic mass is 10.0. The van der Waals surface area contributed by atoms with Crippen LogP contribution in [0.25, 0.3) is 10.1 Å². The van der Waals surface area contributed by atoms with Gasteiger partial charge in [-0.2, -0.15) is 0 Å². The first-order valence-electron chi connectivity index (χ1n) is 8.54. The average Bonchev–Trinajstić information content (AvgIpc) is 3.03. The maximum Gasteiger partial charge on any atom is 0.349 e. The highest BCUT2D eigenvalue weighted by Crippen LogP contribution is 2.28. The van der Waals surface area contributed by atoms with Gasteiger partial charge in [0.2, 0.25) is 0 Å². The number of benzene rings is 2. The van der Waals surface area contributed by atoms with Crippen molar-refractivity contribution in [3.8, 4) is 0 Å². The molecule has 1 aromatic heterocycles. The molecule has 0 aliphatic carbocycles. The van der Waals surface area contributed by atoms with Crippen molar-refractivity contribution in [3.05, 3.63) is 63.8 Å². The molecule has 4 nitrogen and oxygen atoms in total. The van der Waals surface area contributed by atoms with Gasteiger partial charge in [-0.25, -0.2) is 9.18 Å². The summed E-state index contributed by atoms with van der Waals surface area (Å²) in [4.78, 5) is 25.1. The van der Waals surface area contributed by atoms with Crippen molar-refractivity contribution in [3.63, 3.8) is 0 Å². The van der Waals surface area contributed by atoms with Crippen molar-refractivity contribution in [2.75, 3.05) is 5.32 Å². The molecule has 2 aromatic carbocycles. The first-order valence-corrected chi connectivity index (χ1v) is 9.35. The monoisotopic (exact) mass is 385 g/mol. The van der Waals surface area contributed by atoms with E-state index in [2.05, 4.69) is 5.32 Å². The van der Waals surface area contributed by atoms with Gasteiger partial charge in [-0.15, -0.1) is 11.3 Å². The van der Waals surface area contributed by atoms with Crippen LogP contribution in [0.4, 0.5) is 10.1 Å². The van der Waals surface area contributed by atoms with E-state index in [1.165, 1.54) is 19.1 Å². The van der Waals surface area contributed by atoms with E-state index in [1.54, 1.807) is 12.1 Å². The Bertz CT molecular complexity index is 1020. The van der Waals surface area contributed by atoms with Crippen molar-refractivity contribution in [2.45, 2.75) is 33.8 Å². The minimum Gasteiger partial charge on any atom is -0.448 e. The van der Waals surface area contributed by atoms with Gasteiger partial charge in [0.25, 0.3) is 5.91 Å². The molecule has 6 heteroatoms. The van der Waals surface area contributed by atoms with Gasteiger partial charge >= 0.3 is 5.97 Å². The van der Waals surface area contributed by atoms with Crippen LogP contribution in [0, 0.1) is 26.6 Å². The molecule has 1 heterocycles. The van der Waals surface area contributed by atoms with Gasteiger partial charge in [-0.3, -0.25) is 4.79 Å². The van der Waals surface area contributed by atoms with Crippen LogP contribution >= 0.6 is 11.3 Å². The Hall–Kier alpha value is -2.73. The van der Waals surface area contributed by atoms with Crippen LogP contribution in [-0.4, -0.2) is 18.0 Å². The second kappa shape index (κ2) is 7.48. The Labute approximate surface area is 161 Å². The summed E-state index contributed by atoms with van der Waals surface area (Å²) in [6, 6.07) is 10.1. The van der Waals surface area contributed by atoms with Crippen LogP contribution in [-0.2, 0) is 9.53 Å². The maximum atomic E-state index is 13.8. The first-order chi connectivity index (χ1) is 12.8. The number of esters is 1. The molecule has 0 saturated heterocycles. The molecular weight excluding hydrogens is 365 g/mol. The van der Waals surface area contributed by atoms with Crippen LogP contribution in [0.5, 0.6) is 0 Å². The SMILES string of the molecule is Cc1cc(C)c(NC(=O)[C@H](C)OC(=O)c2cc3c(F)cccc3s2)c(C)c1.